The Hall–Kier alpha value is -2.41. The van der Waals surface area contributed by atoms with Crippen molar-refractivity contribution in [1.82, 2.24) is 10.3 Å². The molecule has 0 aliphatic heterocycles. The second-order valence-electron chi connectivity index (χ2n) is 7.54. The molecule has 0 atom stereocenters. The molecule has 7 heteroatoms. The van der Waals surface area contributed by atoms with Crippen LogP contribution in [0.2, 0.25) is 0 Å². The van der Waals surface area contributed by atoms with Crippen LogP contribution in [0.25, 0.3) is 10.4 Å². The topological polar surface area (TPSA) is 80.3 Å². The molecule has 2 aromatic rings. The second-order valence-corrected chi connectivity index (χ2v) is 8.57. The van der Waals surface area contributed by atoms with Crippen molar-refractivity contribution in [2.24, 2.45) is 0 Å². The molecule has 2 N–H and O–H groups in total. The van der Waals surface area contributed by atoms with E-state index in [1.54, 1.807) is 6.20 Å². The maximum Gasteiger partial charge on any atom is 0.407 e. The first-order valence-electron chi connectivity index (χ1n) is 9.61. The summed E-state index contributed by atoms with van der Waals surface area (Å²) in [7, 11) is 0. The number of anilines is 1. The predicted molar refractivity (Wildman–Crippen MR) is 114 cm³/mol. The Bertz CT molecular complexity index is 754. The van der Waals surface area contributed by atoms with Crippen molar-refractivity contribution in [2.45, 2.75) is 58.5 Å². The van der Waals surface area contributed by atoms with Gasteiger partial charge < -0.3 is 15.4 Å². The van der Waals surface area contributed by atoms with Crippen LogP contribution in [-0.4, -0.2) is 29.1 Å². The lowest BCUT2D eigenvalue weighted by Gasteiger charge is -2.19. The van der Waals surface area contributed by atoms with Gasteiger partial charge in [-0.25, -0.2) is 9.78 Å². The normalized spacial score (nSPS) is 11.1. The molecule has 1 aromatic heterocycles. The van der Waals surface area contributed by atoms with E-state index in [1.165, 1.54) is 11.3 Å². The number of nitrogens with zero attached hydrogens (tertiary/aromatic N) is 1. The van der Waals surface area contributed by atoms with E-state index in [2.05, 4.69) is 15.6 Å². The fourth-order valence-corrected chi connectivity index (χ4v) is 3.36. The van der Waals surface area contributed by atoms with E-state index in [-0.39, 0.29) is 12.0 Å². The largest absolute Gasteiger partial charge is 0.444 e. The van der Waals surface area contributed by atoms with E-state index in [0.29, 0.717) is 18.1 Å². The van der Waals surface area contributed by atoms with Gasteiger partial charge in [0.05, 0.1) is 4.88 Å². The van der Waals surface area contributed by atoms with Crippen molar-refractivity contribution >= 4 is 28.5 Å². The third-order valence-corrected chi connectivity index (χ3v) is 4.77. The zero-order chi connectivity index (χ0) is 20.4. The lowest BCUT2D eigenvalue weighted by atomic mass is 10.1. The van der Waals surface area contributed by atoms with Gasteiger partial charge in [-0.3, -0.25) is 4.79 Å². The Morgan fingerprint density at radius 1 is 1.07 bits per heavy atom. The molecule has 0 bridgehead atoms. The van der Waals surface area contributed by atoms with E-state index in [9.17, 15) is 9.59 Å². The first-order valence-corrected chi connectivity index (χ1v) is 10.4. The molecule has 0 unspecified atom stereocenters. The van der Waals surface area contributed by atoms with Crippen LogP contribution in [0.4, 0.5) is 9.93 Å². The SMILES string of the molecule is CC(C)(C)OC(=O)NCCCCCCC(=O)Nc1ncc(-c2ccccc2)s1. The molecule has 0 spiro atoms. The maximum atomic E-state index is 12.1. The third-order valence-electron chi connectivity index (χ3n) is 3.81. The number of benzene rings is 1. The van der Waals surface area contributed by atoms with Crippen molar-refractivity contribution in [3.8, 4) is 10.4 Å². The highest BCUT2D eigenvalue weighted by Gasteiger charge is 2.15. The zero-order valence-electron chi connectivity index (χ0n) is 16.8. The van der Waals surface area contributed by atoms with Gasteiger partial charge in [0.2, 0.25) is 5.91 Å². The number of carbonyl (C=O) groups excluding carboxylic acids is 2. The van der Waals surface area contributed by atoms with E-state index >= 15 is 0 Å². The van der Waals surface area contributed by atoms with Crippen LogP contribution < -0.4 is 10.6 Å². The summed E-state index contributed by atoms with van der Waals surface area (Å²) >= 11 is 1.48. The number of nitrogens with one attached hydrogen (secondary N) is 2. The number of hydrogen-bond donors (Lipinski definition) is 2. The van der Waals surface area contributed by atoms with Crippen molar-refractivity contribution in [2.75, 3.05) is 11.9 Å². The molecule has 28 heavy (non-hydrogen) atoms. The van der Waals surface area contributed by atoms with Gasteiger partial charge in [-0.1, -0.05) is 54.5 Å². The summed E-state index contributed by atoms with van der Waals surface area (Å²) in [4.78, 5) is 28.9. The van der Waals surface area contributed by atoms with E-state index in [0.717, 1.165) is 36.1 Å². The van der Waals surface area contributed by atoms with Crippen LogP contribution in [0, 0.1) is 0 Å². The number of thiazole rings is 1. The highest BCUT2D eigenvalue weighted by Crippen LogP contribution is 2.28. The lowest BCUT2D eigenvalue weighted by Crippen LogP contribution is -2.32. The van der Waals surface area contributed by atoms with Gasteiger partial charge in [-0.15, -0.1) is 0 Å². The second kappa shape index (κ2) is 10.8. The van der Waals surface area contributed by atoms with Gasteiger partial charge in [0.1, 0.15) is 5.60 Å². The van der Waals surface area contributed by atoms with Gasteiger partial charge >= 0.3 is 6.09 Å². The number of alkyl carbamates (subject to hydrolysis) is 1. The van der Waals surface area contributed by atoms with Crippen molar-refractivity contribution in [3.63, 3.8) is 0 Å². The minimum absolute atomic E-state index is 0.0131. The summed E-state index contributed by atoms with van der Waals surface area (Å²) in [5.74, 6) is -0.0131. The summed E-state index contributed by atoms with van der Waals surface area (Å²) in [5, 5.41) is 6.24. The molecule has 0 saturated heterocycles. The van der Waals surface area contributed by atoms with Gasteiger partial charge in [-0.2, -0.15) is 0 Å². The number of carbonyl (C=O) groups is 2. The number of ether oxygens (including phenoxy) is 1. The number of aromatic nitrogens is 1. The predicted octanol–water partition coefficient (Wildman–Crippen LogP) is 5.22. The minimum atomic E-state index is -0.475. The van der Waals surface area contributed by atoms with Crippen LogP contribution in [-0.2, 0) is 9.53 Å². The Morgan fingerprint density at radius 2 is 1.79 bits per heavy atom. The monoisotopic (exact) mass is 403 g/mol. The quantitative estimate of drug-likeness (QED) is 0.562. The Balaban J connectivity index is 1.56. The summed E-state index contributed by atoms with van der Waals surface area (Å²) in [6, 6.07) is 9.99. The lowest BCUT2D eigenvalue weighted by molar-refractivity contribution is -0.116. The zero-order valence-corrected chi connectivity index (χ0v) is 17.6. The first-order chi connectivity index (χ1) is 13.3. The van der Waals surface area contributed by atoms with Gasteiger partial charge in [0.25, 0.3) is 0 Å². The molecule has 0 aliphatic rings. The molecule has 0 fully saturated rings. The van der Waals surface area contributed by atoms with Crippen molar-refractivity contribution < 1.29 is 14.3 Å². The molecule has 2 rings (SSSR count). The number of amides is 2. The number of unbranched alkanes of at least 4 members (excludes halogenated alkanes) is 3. The maximum absolute atomic E-state index is 12.1. The van der Waals surface area contributed by atoms with Gasteiger partial charge in [0.15, 0.2) is 5.13 Å². The Kier molecular flexibility index (Phi) is 8.44. The average molecular weight is 404 g/mol. The number of rotatable bonds is 9. The van der Waals surface area contributed by atoms with Crippen LogP contribution in [0.1, 0.15) is 52.9 Å². The van der Waals surface area contributed by atoms with Crippen LogP contribution in [0.3, 0.4) is 0 Å². The fraction of sp³-hybridized carbons (Fsp3) is 0.476. The summed E-state index contributed by atoms with van der Waals surface area (Å²) in [6.07, 6.45) is 5.45. The fourth-order valence-electron chi connectivity index (χ4n) is 2.52. The Morgan fingerprint density at radius 3 is 2.50 bits per heavy atom. The van der Waals surface area contributed by atoms with Crippen LogP contribution in [0.5, 0.6) is 0 Å². The molecule has 1 heterocycles. The average Bonchev–Trinajstić information content (AvgIpc) is 3.08. The third kappa shape index (κ3) is 8.52. The van der Waals surface area contributed by atoms with Crippen LogP contribution >= 0.6 is 11.3 Å². The Labute approximate surface area is 170 Å². The first kappa shape index (κ1) is 21.9. The highest BCUT2D eigenvalue weighted by molar-refractivity contribution is 7.19. The number of hydrogen-bond acceptors (Lipinski definition) is 5. The highest BCUT2D eigenvalue weighted by atomic mass is 32.1. The minimum Gasteiger partial charge on any atom is -0.444 e. The van der Waals surface area contributed by atoms with Gasteiger partial charge in [0, 0.05) is 19.2 Å². The van der Waals surface area contributed by atoms with Gasteiger partial charge in [-0.05, 0) is 39.2 Å². The molecular formula is C21H29N3O3S. The standard InChI is InChI=1S/C21H29N3O3S/c1-21(2,3)27-20(26)22-14-10-5-4-9-13-18(25)24-19-23-15-17(28-19)16-11-7-6-8-12-16/h6-8,11-12,15H,4-5,9-10,13-14H2,1-3H3,(H,22,26)(H,23,24,25). The molecule has 0 radical (unpaired) electrons. The molecule has 6 nitrogen and oxygen atoms in total. The summed E-state index contributed by atoms with van der Waals surface area (Å²) in [6.45, 7) is 6.10. The molecule has 2 amide bonds. The summed E-state index contributed by atoms with van der Waals surface area (Å²) in [5.41, 5.74) is 0.622. The van der Waals surface area contributed by atoms with E-state index < -0.39 is 5.60 Å². The van der Waals surface area contributed by atoms with Crippen molar-refractivity contribution in [1.29, 1.82) is 0 Å². The van der Waals surface area contributed by atoms with E-state index in [4.69, 9.17) is 4.74 Å². The molecule has 0 saturated carbocycles. The van der Waals surface area contributed by atoms with E-state index in [1.807, 2.05) is 51.1 Å². The van der Waals surface area contributed by atoms with Crippen LogP contribution in [0.15, 0.2) is 36.5 Å². The molecule has 0 aliphatic carbocycles. The molecular weight excluding hydrogens is 374 g/mol. The molecule has 1 aromatic carbocycles. The molecule has 152 valence electrons. The van der Waals surface area contributed by atoms with Crippen molar-refractivity contribution in [3.05, 3.63) is 36.5 Å². The summed E-state index contributed by atoms with van der Waals surface area (Å²) < 4.78 is 5.18. The smallest absolute Gasteiger partial charge is 0.407 e.